The van der Waals surface area contributed by atoms with Crippen molar-refractivity contribution in [2.24, 2.45) is 7.05 Å². The third kappa shape index (κ3) is 5.41. The number of hydrogen-bond donors (Lipinski definition) is 1. The number of rotatable bonds is 7. The van der Waals surface area contributed by atoms with Gasteiger partial charge in [-0.2, -0.15) is 18.3 Å². The Kier molecular flexibility index (Phi) is 7.09. The second-order valence-corrected chi connectivity index (χ2v) is 11.2. The molecule has 0 amide bonds. The van der Waals surface area contributed by atoms with Gasteiger partial charge in [-0.25, -0.2) is 4.98 Å². The summed E-state index contributed by atoms with van der Waals surface area (Å²) in [6.07, 6.45) is 7.46. The van der Waals surface area contributed by atoms with Crippen LogP contribution in [0.5, 0.6) is 5.88 Å². The highest BCUT2D eigenvalue weighted by atomic mass is 19.4. The predicted octanol–water partition coefficient (Wildman–Crippen LogP) is 4.22. The molecule has 0 bridgehead atoms. The molecule has 3 aromatic rings. The third-order valence-electron chi connectivity index (χ3n) is 8.80. The van der Waals surface area contributed by atoms with Gasteiger partial charge in [-0.1, -0.05) is 0 Å². The van der Waals surface area contributed by atoms with E-state index >= 15 is 0 Å². The first kappa shape index (κ1) is 26.2. The van der Waals surface area contributed by atoms with E-state index < -0.39 is 11.7 Å². The van der Waals surface area contributed by atoms with Gasteiger partial charge in [0.15, 0.2) is 5.82 Å². The van der Waals surface area contributed by atoms with Crippen molar-refractivity contribution in [2.75, 3.05) is 13.1 Å². The van der Waals surface area contributed by atoms with E-state index in [4.69, 9.17) is 4.74 Å². The van der Waals surface area contributed by atoms with Crippen molar-refractivity contribution in [3.05, 3.63) is 53.5 Å². The van der Waals surface area contributed by atoms with E-state index in [9.17, 15) is 18.3 Å². The first-order valence-electron chi connectivity index (χ1n) is 13.8. The zero-order valence-electron chi connectivity index (χ0n) is 22.0. The van der Waals surface area contributed by atoms with E-state index in [-0.39, 0.29) is 36.6 Å². The SMILES string of the molecule is Cn1c(COc2cc(C(F)(F)F)ccn2)nnc1C1CCC(c2cnn([C@H]3C[C@H](O)[C@@H](N4CCC4)C3)c2)CC1. The first-order valence-corrected chi connectivity index (χ1v) is 13.8. The number of likely N-dealkylation sites (tertiary alicyclic amines) is 1. The van der Waals surface area contributed by atoms with Gasteiger partial charge in [0.2, 0.25) is 5.88 Å². The molecule has 3 aliphatic rings. The van der Waals surface area contributed by atoms with E-state index in [1.807, 2.05) is 17.8 Å². The quantitative estimate of drug-likeness (QED) is 0.475. The van der Waals surface area contributed by atoms with Gasteiger partial charge >= 0.3 is 6.18 Å². The lowest BCUT2D eigenvalue weighted by Gasteiger charge is -2.37. The highest BCUT2D eigenvalue weighted by molar-refractivity contribution is 5.23. The summed E-state index contributed by atoms with van der Waals surface area (Å²) in [7, 11) is 1.87. The number of ether oxygens (including phenoxy) is 1. The monoisotopic (exact) mass is 545 g/mol. The zero-order chi connectivity index (χ0) is 27.1. The van der Waals surface area contributed by atoms with Gasteiger partial charge in [-0.05, 0) is 75.6 Å². The van der Waals surface area contributed by atoms with E-state index in [1.165, 1.54) is 12.0 Å². The average molecular weight is 546 g/mol. The number of aliphatic hydroxyl groups is 1. The van der Waals surface area contributed by atoms with Crippen LogP contribution in [0.4, 0.5) is 13.2 Å². The van der Waals surface area contributed by atoms with E-state index in [0.717, 1.165) is 75.8 Å². The Morgan fingerprint density at radius 1 is 1.08 bits per heavy atom. The Morgan fingerprint density at radius 3 is 2.56 bits per heavy atom. The number of aliphatic hydroxyl groups excluding tert-OH is 1. The normalized spacial score (nSPS) is 28.0. The topological polar surface area (TPSA) is 94.1 Å². The van der Waals surface area contributed by atoms with Gasteiger partial charge < -0.3 is 14.4 Å². The summed E-state index contributed by atoms with van der Waals surface area (Å²) in [5.74, 6) is 2.02. The highest BCUT2D eigenvalue weighted by Crippen LogP contribution is 2.41. The van der Waals surface area contributed by atoms with Crippen LogP contribution in [0.3, 0.4) is 0 Å². The molecule has 0 aromatic carbocycles. The second-order valence-electron chi connectivity index (χ2n) is 11.2. The first-order chi connectivity index (χ1) is 18.8. The molecule has 210 valence electrons. The molecule has 0 spiro atoms. The molecule has 1 aliphatic heterocycles. The van der Waals surface area contributed by atoms with Crippen molar-refractivity contribution >= 4 is 0 Å². The van der Waals surface area contributed by atoms with Crippen LogP contribution < -0.4 is 4.74 Å². The van der Waals surface area contributed by atoms with Crippen LogP contribution in [-0.4, -0.2) is 64.8 Å². The van der Waals surface area contributed by atoms with Crippen LogP contribution in [0.2, 0.25) is 0 Å². The molecule has 39 heavy (non-hydrogen) atoms. The molecule has 12 heteroatoms. The minimum absolute atomic E-state index is 0.0131. The number of pyridine rings is 1. The van der Waals surface area contributed by atoms with Gasteiger partial charge in [0.1, 0.15) is 12.4 Å². The van der Waals surface area contributed by atoms with Gasteiger partial charge in [0.05, 0.1) is 23.9 Å². The van der Waals surface area contributed by atoms with Crippen LogP contribution in [0, 0.1) is 0 Å². The lowest BCUT2D eigenvalue weighted by molar-refractivity contribution is -0.137. The van der Waals surface area contributed by atoms with Gasteiger partial charge in [0.25, 0.3) is 0 Å². The highest BCUT2D eigenvalue weighted by Gasteiger charge is 2.40. The third-order valence-corrected chi connectivity index (χ3v) is 8.80. The molecule has 0 radical (unpaired) electrons. The largest absolute Gasteiger partial charge is 0.469 e. The number of hydrogen-bond acceptors (Lipinski definition) is 7. The van der Waals surface area contributed by atoms with Gasteiger partial charge in [-0.15, -0.1) is 10.2 Å². The molecular weight excluding hydrogens is 511 g/mol. The van der Waals surface area contributed by atoms with Crippen molar-refractivity contribution in [3.63, 3.8) is 0 Å². The van der Waals surface area contributed by atoms with Crippen LogP contribution in [0.15, 0.2) is 30.7 Å². The van der Waals surface area contributed by atoms with Crippen molar-refractivity contribution < 1.29 is 23.0 Å². The number of halogens is 3. The summed E-state index contributed by atoms with van der Waals surface area (Å²) in [6.45, 7) is 2.17. The molecule has 1 saturated heterocycles. The second kappa shape index (κ2) is 10.5. The van der Waals surface area contributed by atoms with Gasteiger partial charge in [-0.3, -0.25) is 9.58 Å². The van der Waals surface area contributed by atoms with Crippen LogP contribution in [0.1, 0.15) is 85.6 Å². The Labute approximate surface area is 225 Å². The predicted molar refractivity (Wildman–Crippen MR) is 135 cm³/mol. The molecule has 2 saturated carbocycles. The summed E-state index contributed by atoms with van der Waals surface area (Å²) in [6, 6.07) is 2.31. The van der Waals surface area contributed by atoms with Crippen molar-refractivity contribution in [2.45, 2.75) is 87.8 Å². The molecule has 3 fully saturated rings. The summed E-state index contributed by atoms with van der Waals surface area (Å²) < 4.78 is 48.3. The standard InChI is InChI=1S/C27H34F3N7O2/c1-35-24(16-39-25-11-20(7-8-31-25)27(28,29)30)33-34-26(35)18-5-3-17(4-6-18)19-14-32-37(15-19)21-12-22(23(38)13-21)36-9-2-10-36/h7-8,11,14-15,17-18,21-23,38H,2-6,9-10,12-13,16H2,1H3/t17?,18?,21-,22+,23+/m1/s1. The summed E-state index contributed by atoms with van der Waals surface area (Å²) in [5, 5.41) is 23.9. The molecule has 4 heterocycles. The minimum Gasteiger partial charge on any atom is -0.469 e. The Hall–Kier alpha value is -2.99. The number of alkyl halides is 3. The van der Waals surface area contributed by atoms with Crippen molar-refractivity contribution in [3.8, 4) is 5.88 Å². The van der Waals surface area contributed by atoms with E-state index in [0.29, 0.717) is 11.7 Å². The van der Waals surface area contributed by atoms with Crippen molar-refractivity contribution in [1.29, 1.82) is 0 Å². The lowest BCUT2D eigenvalue weighted by atomic mass is 9.79. The molecular formula is C27H34F3N7O2. The Bertz CT molecular complexity index is 1280. The molecule has 1 N–H and O–H groups in total. The molecule has 9 nitrogen and oxygen atoms in total. The summed E-state index contributed by atoms with van der Waals surface area (Å²) >= 11 is 0. The van der Waals surface area contributed by atoms with Crippen LogP contribution in [0.25, 0.3) is 0 Å². The summed E-state index contributed by atoms with van der Waals surface area (Å²) in [4.78, 5) is 6.27. The van der Waals surface area contributed by atoms with E-state index in [2.05, 4.69) is 36.1 Å². The maximum Gasteiger partial charge on any atom is 0.416 e. The lowest BCUT2D eigenvalue weighted by Crippen LogP contribution is -2.48. The average Bonchev–Trinajstić information content (AvgIpc) is 3.61. The van der Waals surface area contributed by atoms with E-state index in [1.54, 1.807) is 0 Å². The van der Waals surface area contributed by atoms with Crippen LogP contribution >= 0.6 is 0 Å². The molecule has 6 rings (SSSR count). The van der Waals surface area contributed by atoms with Crippen LogP contribution in [-0.2, 0) is 19.8 Å². The number of aromatic nitrogens is 6. The van der Waals surface area contributed by atoms with Gasteiger partial charge in [0, 0.05) is 37.5 Å². The minimum atomic E-state index is -4.45. The fourth-order valence-corrected chi connectivity index (χ4v) is 6.36. The maximum atomic E-state index is 13.0. The fourth-order valence-electron chi connectivity index (χ4n) is 6.36. The zero-order valence-corrected chi connectivity index (χ0v) is 22.0. The maximum absolute atomic E-state index is 13.0. The Morgan fingerprint density at radius 2 is 1.85 bits per heavy atom. The molecule has 3 aromatic heterocycles. The fraction of sp³-hybridized carbons (Fsp3) is 0.630. The summed E-state index contributed by atoms with van der Waals surface area (Å²) in [5.41, 5.74) is 0.459. The molecule has 3 atom stereocenters. The van der Waals surface area contributed by atoms with Crippen molar-refractivity contribution in [1.82, 2.24) is 34.4 Å². The Balaban J connectivity index is 1.03. The molecule has 0 unspecified atom stereocenters. The number of nitrogens with zero attached hydrogens (tertiary/aromatic N) is 7. The molecule has 2 aliphatic carbocycles. The smallest absolute Gasteiger partial charge is 0.416 e.